The third-order valence-corrected chi connectivity index (χ3v) is 5.87. The first-order valence-electron chi connectivity index (χ1n) is 8.08. The summed E-state index contributed by atoms with van der Waals surface area (Å²) in [5.41, 5.74) is -1.42. The maximum Gasteiger partial charge on any atom is 0.419 e. The van der Waals surface area contributed by atoms with Crippen LogP contribution in [0.1, 0.15) is 21.6 Å². The second kappa shape index (κ2) is 8.36. The summed E-state index contributed by atoms with van der Waals surface area (Å²) < 4.78 is 78.0. The monoisotopic (exact) mass is 460 g/mol. The molecule has 0 aliphatic heterocycles. The van der Waals surface area contributed by atoms with Crippen LogP contribution in [0.2, 0.25) is 0 Å². The van der Waals surface area contributed by atoms with E-state index in [0.29, 0.717) is 12.1 Å². The first-order chi connectivity index (χ1) is 14.1. The van der Waals surface area contributed by atoms with Crippen LogP contribution in [-0.4, -0.2) is 24.3 Å². The highest BCUT2D eigenvalue weighted by atomic mass is 32.2. The first-order valence-corrected chi connectivity index (χ1v) is 10.4. The Balaban J connectivity index is 1.64. The maximum absolute atomic E-state index is 13.6. The smallest absolute Gasteiger partial charge is 0.347 e. The highest BCUT2D eigenvalue weighted by Crippen LogP contribution is 2.31. The number of carbonyl (C=O) groups is 1. The molecule has 0 saturated heterocycles. The summed E-state index contributed by atoms with van der Waals surface area (Å²) in [4.78, 5) is 19.5. The molecule has 3 aromatic rings. The van der Waals surface area contributed by atoms with Crippen molar-refractivity contribution >= 4 is 32.4 Å². The van der Waals surface area contributed by atoms with Crippen molar-refractivity contribution in [3.05, 3.63) is 70.7 Å². The molecule has 3 rings (SSSR count). The van der Waals surface area contributed by atoms with Gasteiger partial charge in [-0.15, -0.1) is 11.3 Å². The van der Waals surface area contributed by atoms with Crippen molar-refractivity contribution in [3.8, 4) is 0 Å². The number of rotatable bonds is 6. The lowest BCUT2D eigenvalue weighted by Gasteiger charge is -2.10. The number of alkyl halides is 3. The van der Waals surface area contributed by atoms with Gasteiger partial charge in [-0.25, -0.2) is 22.8 Å². The van der Waals surface area contributed by atoms with E-state index in [1.165, 1.54) is 12.3 Å². The molecule has 30 heavy (non-hydrogen) atoms. The number of anilines is 1. The molecule has 0 unspecified atom stereocenters. The van der Waals surface area contributed by atoms with Gasteiger partial charge in [0.2, 0.25) is 0 Å². The van der Waals surface area contributed by atoms with E-state index in [1.807, 2.05) is 0 Å². The molecule has 2 heterocycles. The Morgan fingerprint density at radius 2 is 1.90 bits per heavy atom. The highest BCUT2D eigenvalue weighted by Gasteiger charge is 2.33. The van der Waals surface area contributed by atoms with Gasteiger partial charge in [0.15, 0.2) is 5.13 Å². The molecular weight excluding hydrogens is 448 g/mol. The minimum absolute atomic E-state index is 0.112. The highest BCUT2D eigenvalue weighted by molar-refractivity contribution is 7.93. The van der Waals surface area contributed by atoms with E-state index in [0.717, 1.165) is 29.7 Å². The van der Waals surface area contributed by atoms with Crippen molar-refractivity contribution in [2.75, 3.05) is 4.72 Å². The maximum atomic E-state index is 13.6. The SMILES string of the molecule is O=C(NCc1ccc(C(F)(F)F)c(F)c1)c1ccc(S(=O)(=O)Nc2nccs2)cn1. The van der Waals surface area contributed by atoms with Crippen molar-refractivity contribution < 1.29 is 30.8 Å². The Kier molecular flexibility index (Phi) is 6.03. The number of pyridine rings is 1. The number of hydrogen-bond donors (Lipinski definition) is 2. The largest absolute Gasteiger partial charge is 0.419 e. The fraction of sp³-hybridized carbons (Fsp3) is 0.118. The molecule has 2 aromatic heterocycles. The summed E-state index contributed by atoms with van der Waals surface area (Å²) in [6, 6.07) is 4.63. The van der Waals surface area contributed by atoms with Crippen LogP contribution in [0, 0.1) is 5.82 Å². The molecule has 0 bridgehead atoms. The Hall–Kier alpha value is -3.06. The summed E-state index contributed by atoms with van der Waals surface area (Å²) in [5.74, 6) is -2.16. The fourth-order valence-corrected chi connectivity index (χ4v) is 4.03. The van der Waals surface area contributed by atoms with Crippen molar-refractivity contribution in [2.24, 2.45) is 0 Å². The summed E-state index contributed by atoms with van der Waals surface area (Å²) in [6.45, 7) is -0.249. The first kappa shape index (κ1) is 21.6. The molecule has 0 fully saturated rings. The number of sulfonamides is 1. The van der Waals surface area contributed by atoms with Gasteiger partial charge in [0, 0.05) is 24.3 Å². The number of hydrogen-bond acceptors (Lipinski definition) is 6. The molecule has 1 aromatic carbocycles. The third kappa shape index (κ3) is 5.10. The van der Waals surface area contributed by atoms with Gasteiger partial charge in [-0.3, -0.25) is 9.52 Å². The van der Waals surface area contributed by atoms with E-state index in [2.05, 4.69) is 20.0 Å². The molecule has 7 nitrogen and oxygen atoms in total. The van der Waals surface area contributed by atoms with Crippen LogP contribution < -0.4 is 10.0 Å². The second-order valence-electron chi connectivity index (χ2n) is 5.82. The molecule has 13 heteroatoms. The molecule has 0 saturated carbocycles. The molecule has 0 spiro atoms. The Labute approximate surface area is 171 Å². The normalized spacial score (nSPS) is 11.9. The Bertz CT molecular complexity index is 1150. The van der Waals surface area contributed by atoms with Crippen molar-refractivity contribution in [1.82, 2.24) is 15.3 Å². The quantitative estimate of drug-likeness (QED) is 0.549. The van der Waals surface area contributed by atoms with Gasteiger partial charge in [-0.1, -0.05) is 6.07 Å². The van der Waals surface area contributed by atoms with Crippen LogP contribution in [0.4, 0.5) is 22.7 Å². The summed E-state index contributed by atoms with van der Waals surface area (Å²) in [5, 5.41) is 4.13. The van der Waals surface area contributed by atoms with Crippen LogP contribution in [0.5, 0.6) is 0 Å². The molecule has 2 N–H and O–H groups in total. The van der Waals surface area contributed by atoms with Gasteiger partial charge in [-0.2, -0.15) is 13.2 Å². The zero-order valence-corrected chi connectivity index (χ0v) is 16.4. The minimum Gasteiger partial charge on any atom is -0.347 e. The topological polar surface area (TPSA) is 101 Å². The van der Waals surface area contributed by atoms with Gasteiger partial charge in [0.1, 0.15) is 16.4 Å². The number of aromatic nitrogens is 2. The minimum atomic E-state index is -4.81. The van der Waals surface area contributed by atoms with E-state index in [-0.39, 0.29) is 27.8 Å². The second-order valence-corrected chi connectivity index (χ2v) is 8.39. The Morgan fingerprint density at radius 3 is 2.47 bits per heavy atom. The van der Waals surface area contributed by atoms with Crippen LogP contribution in [0.3, 0.4) is 0 Å². The van der Waals surface area contributed by atoms with Crippen molar-refractivity contribution in [2.45, 2.75) is 17.6 Å². The lowest BCUT2D eigenvalue weighted by Crippen LogP contribution is -2.24. The lowest BCUT2D eigenvalue weighted by atomic mass is 10.1. The van der Waals surface area contributed by atoms with Crippen LogP contribution in [0.15, 0.2) is 53.0 Å². The molecule has 0 radical (unpaired) electrons. The fourth-order valence-electron chi connectivity index (χ4n) is 2.29. The van der Waals surface area contributed by atoms with E-state index >= 15 is 0 Å². The van der Waals surface area contributed by atoms with Gasteiger partial charge in [-0.05, 0) is 29.8 Å². The summed E-state index contributed by atoms with van der Waals surface area (Å²) >= 11 is 1.09. The summed E-state index contributed by atoms with van der Waals surface area (Å²) in [6.07, 6.45) is -2.41. The van der Waals surface area contributed by atoms with E-state index < -0.39 is 33.5 Å². The van der Waals surface area contributed by atoms with Crippen molar-refractivity contribution in [3.63, 3.8) is 0 Å². The number of thiazole rings is 1. The molecule has 0 aliphatic rings. The lowest BCUT2D eigenvalue weighted by molar-refractivity contribution is -0.140. The van der Waals surface area contributed by atoms with Crippen molar-refractivity contribution in [1.29, 1.82) is 0 Å². The van der Waals surface area contributed by atoms with Crippen LogP contribution >= 0.6 is 11.3 Å². The predicted molar refractivity (Wildman–Crippen MR) is 99.7 cm³/mol. The average molecular weight is 460 g/mol. The molecule has 0 aliphatic carbocycles. The number of amides is 1. The van der Waals surface area contributed by atoms with E-state index in [9.17, 15) is 30.8 Å². The van der Waals surface area contributed by atoms with Gasteiger partial charge >= 0.3 is 6.18 Å². The van der Waals surface area contributed by atoms with Gasteiger partial charge in [0.05, 0.1) is 5.56 Å². The number of nitrogens with zero attached hydrogens (tertiary/aromatic N) is 2. The number of carbonyl (C=O) groups excluding carboxylic acids is 1. The number of benzene rings is 1. The standard InChI is InChI=1S/C17H12F4N4O3S2/c18-13-7-10(1-3-12(13)17(19,20)21)8-24-15(26)14-4-2-11(9-23-14)30(27,28)25-16-22-5-6-29-16/h1-7,9H,8H2,(H,22,25)(H,24,26). The molecule has 158 valence electrons. The zero-order chi connectivity index (χ0) is 21.9. The van der Waals surface area contributed by atoms with Gasteiger partial charge in [0.25, 0.3) is 15.9 Å². The Morgan fingerprint density at radius 1 is 1.13 bits per heavy atom. The van der Waals surface area contributed by atoms with E-state index in [4.69, 9.17) is 0 Å². The number of halogens is 4. The van der Waals surface area contributed by atoms with Gasteiger partial charge < -0.3 is 5.32 Å². The summed E-state index contributed by atoms with van der Waals surface area (Å²) in [7, 11) is -3.93. The van der Waals surface area contributed by atoms with E-state index in [1.54, 1.807) is 5.38 Å². The molecule has 0 atom stereocenters. The number of nitrogens with one attached hydrogen (secondary N) is 2. The molecule has 1 amide bonds. The zero-order valence-electron chi connectivity index (χ0n) is 14.8. The average Bonchev–Trinajstić information content (AvgIpc) is 3.17. The molecular formula is C17H12F4N4O3S2. The predicted octanol–water partition coefficient (Wildman–Crippen LogP) is 3.43. The van der Waals surface area contributed by atoms with Crippen LogP contribution in [0.25, 0.3) is 0 Å². The third-order valence-electron chi connectivity index (χ3n) is 3.73. The van der Waals surface area contributed by atoms with Crippen LogP contribution in [-0.2, 0) is 22.7 Å².